The smallest absolute Gasteiger partial charge is 0.255 e. The van der Waals surface area contributed by atoms with E-state index < -0.39 is 10.0 Å². The van der Waals surface area contributed by atoms with E-state index in [1.165, 1.54) is 49.7 Å². The van der Waals surface area contributed by atoms with Crippen molar-refractivity contribution in [2.45, 2.75) is 4.90 Å². The minimum absolute atomic E-state index is 0.141. The number of H-pyrrole nitrogens is 1. The molecule has 0 saturated heterocycles. The van der Waals surface area contributed by atoms with Crippen LogP contribution in [0.2, 0.25) is 0 Å². The van der Waals surface area contributed by atoms with Gasteiger partial charge in [0.15, 0.2) is 3.95 Å². The van der Waals surface area contributed by atoms with E-state index in [1.54, 1.807) is 6.07 Å². The minimum Gasteiger partial charge on any atom is -0.337 e. The monoisotopic (exact) mass is 393 g/mol. The molecule has 0 aliphatic heterocycles. The van der Waals surface area contributed by atoms with E-state index in [4.69, 9.17) is 12.2 Å². The topological polar surface area (TPSA) is 82.3 Å². The standard InChI is InChI=1S/C16H15N3O3S3/c1-19(2)25(21,22)12-6-3-10(4-7-12)15(20)17-11-5-8-13-14(9-11)24-16(23)18-13/h3-9H,1-2H3,(H,17,20)(H,18,23). The minimum atomic E-state index is -3.51. The Kier molecular flexibility index (Phi) is 4.74. The van der Waals surface area contributed by atoms with E-state index in [2.05, 4.69) is 10.3 Å². The second-order valence-electron chi connectivity index (χ2n) is 5.49. The Hall–Kier alpha value is -2.07. The lowest BCUT2D eigenvalue weighted by Gasteiger charge is -2.11. The molecule has 3 rings (SSSR count). The van der Waals surface area contributed by atoms with Crippen LogP contribution in [0, 0.1) is 3.95 Å². The van der Waals surface area contributed by atoms with Gasteiger partial charge in [-0.05, 0) is 54.7 Å². The van der Waals surface area contributed by atoms with Crippen LogP contribution in [0.3, 0.4) is 0 Å². The quantitative estimate of drug-likeness (QED) is 0.665. The lowest BCUT2D eigenvalue weighted by molar-refractivity contribution is 0.102. The van der Waals surface area contributed by atoms with E-state index in [0.717, 1.165) is 14.5 Å². The van der Waals surface area contributed by atoms with E-state index in [-0.39, 0.29) is 10.8 Å². The van der Waals surface area contributed by atoms with Gasteiger partial charge in [-0.25, -0.2) is 12.7 Å². The molecule has 3 aromatic rings. The second kappa shape index (κ2) is 6.68. The Morgan fingerprint density at radius 1 is 1.16 bits per heavy atom. The molecule has 130 valence electrons. The molecule has 0 aliphatic carbocycles. The number of aromatic nitrogens is 1. The van der Waals surface area contributed by atoms with Crippen LogP contribution in [0.1, 0.15) is 10.4 Å². The van der Waals surface area contributed by atoms with Crippen molar-refractivity contribution in [2.24, 2.45) is 0 Å². The van der Waals surface area contributed by atoms with Crippen LogP contribution in [-0.4, -0.2) is 37.7 Å². The van der Waals surface area contributed by atoms with Crippen molar-refractivity contribution in [3.05, 3.63) is 52.0 Å². The van der Waals surface area contributed by atoms with E-state index >= 15 is 0 Å². The number of thiazole rings is 1. The SMILES string of the molecule is CN(C)S(=O)(=O)c1ccc(C(=O)Nc2ccc3[nH]c(=S)sc3c2)cc1. The van der Waals surface area contributed by atoms with Crippen LogP contribution < -0.4 is 5.32 Å². The highest BCUT2D eigenvalue weighted by molar-refractivity contribution is 7.89. The maximum Gasteiger partial charge on any atom is 0.255 e. The highest BCUT2D eigenvalue weighted by Crippen LogP contribution is 2.23. The Balaban J connectivity index is 1.81. The van der Waals surface area contributed by atoms with Crippen LogP contribution in [-0.2, 0) is 10.0 Å². The van der Waals surface area contributed by atoms with Gasteiger partial charge in [-0.3, -0.25) is 4.79 Å². The molecule has 0 saturated carbocycles. The molecule has 1 amide bonds. The number of anilines is 1. The maximum absolute atomic E-state index is 12.4. The molecule has 2 N–H and O–H groups in total. The maximum atomic E-state index is 12.4. The van der Waals surface area contributed by atoms with Crippen molar-refractivity contribution >= 4 is 55.4 Å². The molecule has 0 radical (unpaired) electrons. The molecule has 0 unspecified atom stereocenters. The van der Waals surface area contributed by atoms with Gasteiger partial charge in [-0.1, -0.05) is 0 Å². The zero-order valence-electron chi connectivity index (χ0n) is 13.4. The van der Waals surface area contributed by atoms with Gasteiger partial charge in [0, 0.05) is 25.3 Å². The van der Waals surface area contributed by atoms with E-state index in [9.17, 15) is 13.2 Å². The number of aromatic amines is 1. The van der Waals surface area contributed by atoms with E-state index in [0.29, 0.717) is 15.2 Å². The third-order valence-electron chi connectivity index (χ3n) is 3.57. The lowest BCUT2D eigenvalue weighted by Crippen LogP contribution is -2.22. The van der Waals surface area contributed by atoms with E-state index in [1.807, 2.05) is 12.1 Å². The Bertz CT molecular complexity index is 1100. The zero-order valence-corrected chi connectivity index (χ0v) is 15.9. The first-order valence-electron chi connectivity index (χ1n) is 7.24. The van der Waals surface area contributed by atoms with Crippen molar-refractivity contribution in [1.82, 2.24) is 9.29 Å². The number of nitrogens with zero attached hydrogens (tertiary/aromatic N) is 1. The average molecular weight is 394 g/mol. The first kappa shape index (κ1) is 17.7. The fourth-order valence-electron chi connectivity index (χ4n) is 2.22. The molecular formula is C16H15N3O3S3. The van der Waals surface area contributed by atoms with Crippen molar-refractivity contribution in [2.75, 3.05) is 19.4 Å². The van der Waals surface area contributed by atoms with Crippen LogP contribution in [0.15, 0.2) is 47.4 Å². The normalized spacial score (nSPS) is 11.8. The number of hydrogen-bond acceptors (Lipinski definition) is 5. The number of carbonyl (C=O) groups is 1. The average Bonchev–Trinajstić information content (AvgIpc) is 2.94. The molecule has 0 spiro atoms. The van der Waals surface area contributed by atoms with Crippen LogP contribution in [0.25, 0.3) is 10.2 Å². The number of amides is 1. The number of carbonyl (C=O) groups excluding carboxylic acids is 1. The third-order valence-corrected chi connectivity index (χ3v) is 6.60. The summed E-state index contributed by atoms with van der Waals surface area (Å²) in [5.74, 6) is -0.313. The van der Waals surface area contributed by atoms with Crippen LogP contribution >= 0.6 is 23.6 Å². The largest absolute Gasteiger partial charge is 0.337 e. The zero-order chi connectivity index (χ0) is 18.2. The van der Waals surface area contributed by atoms with Gasteiger partial charge < -0.3 is 10.3 Å². The fourth-order valence-corrected chi connectivity index (χ4v) is 4.27. The van der Waals surface area contributed by atoms with Crippen molar-refractivity contribution in [3.8, 4) is 0 Å². The Morgan fingerprint density at radius 2 is 1.84 bits per heavy atom. The van der Waals surface area contributed by atoms with Crippen molar-refractivity contribution in [3.63, 3.8) is 0 Å². The van der Waals surface area contributed by atoms with Crippen LogP contribution in [0.4, 0.5) is 5.69 Å². The summed E-state index contributed by atoms with van der Waals surface area (Å²) >= 11 is 6.54. The molecule has 0 bridgehead atoms. The molecule has 25 heavy (non-hydrogen) atoms. The molecular weight excluding hydrogens is 378 g/mol. The molecule has 2 aromatic carbocycles. The summed E-state index contributed by atoms with van der Waals surface area (Å²) in [7, 11) is -0.589. The highest BCUT2D eigenvalue weighted by atomic mass is 32.2. The number of nitrogens with one attached hydrogen (secondary N) is 2. The summed E-state index contributed by atoms with van der Waals surface area (Å²) in [4.78, 5) is 15.6. The number of hydrogen-bond donors (Lipinski definition) is 2. The van der Waals surface area contributed by atoms with Gasteiger partial charge in [0.05, 0.1) is 15.1 Å². The molecule has 0 atom stereocenters. The first-order valence-corrected chi connectivity index (χ1v) is 9.91. The fraction of sp³-hybridized carbons (Fsp3) is 0.125. The van der Waals surface area contributed by atoms with Gasteiger partial charge >= 0.3 is 0 Å². The number of sulfonamides is 1. The summed E-state index contributed by atoms with van der Waals surface area (Å²) in [6, 6.07) is 11.3. The Morgan fingerprint density at radius 3 is 2.48 bits per heavy atom. The molecule has 0 aliphatic rings. The summed E-state index contributed by atoms with van der Waals surface area (Å²) < 4.78 is 26.8. The number of fused-ring (bicyclic) bond motifs is 1. The molecule has 1 heterocycles. The summed E-state index contributed by atoms with van der Waals surface area (Å²) in [5.41, 5.74) is 1.94. The second-order valence-corrected chi connectivity index (χ2v) is 9.36. The first-order chi connectivity index (χ1) is 11.8. The third kappa shape index (κ3) is 3.64. The highest BCUT2D eigenvalue weighted by Gasteiger charge is 2.17. The molecule has 1 aromatic heterocycles. The summed E-state index contributed by atoms with van der Waals surface area (Å²) in [6.45, 7) is 0. The predicted molar refractivity (Wildman–Crippen MR) is 102 cm³/mol. The van der Waals surface area contributed by atoms with Crippen LogP contribution in [0.5, 0.6) is 0 Å². The summed E-state index contributed by atoms with van der Waals surface area (Å²) in [5, 5.41) is 2.80. The van der Waals surface area contributed by atoms with Gasteiger partial charge in [0.25, 0.3) is 5.91 Å². The van der Waals surface area contributed by atoms with Gasteiger partial charge in [-0.15, -0.1) is 11.3 Å². The van der Waals surface area contributed by atoms with Gasteiger partial charge in [0.1, 0.15) is 0 Å². The van der Waals surface area contributed by atoms with Crippen molar-refractivity contribution in [1.29, 1.82) is 0 Å². The van der Waals surface area contributed by atoms with Gasteiger partial charge in [0.2, 0.25) is 10.0 Å². The van der Waals surface area contributed by atoms with Gasteiger partial charge in [-0.2, -0.15) is 0 Å². The van der Waals surface area contributed by atoms with Crippen molar-refractivity contribution < 1.29 is 13.2 Å². The molecule has 9 heteroatoms. The predicted octanol–water partition coefficient (Wildman–Crippen LogP) is 3.46. The Labute approximate surface area is 154 Å². The summed E-state index contributed by atoms with van der Waals surface area (Å²) in [6.07, 6.45) is 0. The lowest BCUT2D eigenvalue weighted by atomic mass is 10.2. The molecule has 0 fully saturated rings. The molecule has 6 nitrogen and oxygen atoms in total. The number of benzene rings is 2. The number of rotatable bonds is 4.